The molecule has 1 amide bonds. The summed E-state index contributed by atoms with van der Waals surface area (Å²) in [6, 6.07) is 10.1. The van der Waals surface area contributed by atoms with Gasteiger partial charge in [-0.25, -0.2) is 9.48 Å². The number of rotatable bonds is 6. The quantitative estimate of drug-likeness (QED) is 0.360. The number of nitrogens with one attached hydrogen (secondary N) is 1. The molecule has 0 spiro atoms. The van der Waals surface area contributed by atoms with Gasteiger partial charge in [0, 0.05) is 16.5 Å². The molecule has 3 aromatic rings. The lowest BCUT2D eigenvalue weighted by atomic mass is 9.48. The molecule has 198 valence electrons. The number of esters is 1. The maximum absolute atomic E-state index is 14.1. The Morgan fingerprint density at radius 3 is 2.42 bits per heavy atom. The van der Waals surface area contributed by atoms with Crippen LogP contribution in [0.3, 0.4) is 0 Å². The zero-order valence-corrected chi connectivity index (χ0v) is 22.8. The predicted molar refractivity (Wildman–Crippen MR) is 148 cm³/mol. The van der Waals surface area contributed by atoms with Crippen LogP contribution in [-0.2, 0) is 23.0 Å². The lowest BCUT2D eigenvalue weighted by Crippen LogP contribution is -2.49. The van der Waals surface area contributed by atoms with Gasteiger partial charge in [-0.3, -0.25) is 4.79 Å². The Balaban J connectivity index is 1.29. The molecule has 0 atom stereocenters. The summed E-state index contributed by atoms with van der Waals surface area (Å²) < 4.78 is 7.31. The van der Waals surface area contributed by atoms with Crippen LogP contribution < -0.4 is 5.32 Å². The van der Waals surface area contributed by atoms with Crippen molar-refractivity contribution in [3.05, 3.63) is 63.8 Å². The van der Waals surface area contributed by atoms with Gasteiger partial charge in [-0.1, -0.05) is 18.2 Å². The molecule has 4 bridgehead atoms. The molecule has 5 aliphatic rings. The smallest absolute Gasteiger partial charge is 0.341 e. The Labute approximate surface area is 227 Å². The van der Waals surface area contributed by atoms with Crippen molar-refractivity contribution >= 4 is 28.2 Å². The second kappa shape index (κ2) is 9.37. The van der Waals surface area contributed by atoms with E-state index in [-0.39, 0.29) is 17.3 Å². The molecule has 0 aliphatic heterocycles. The van der Waals surface area contributed by atoms with Crippen molar-refractivity contribution in [2.75, 3.05) is 11.9 Å². The number of anilines is 1. The molecule has 38 heavy (non-hydrogen) atoms. The van der Waals surface area contributed by atoms with E-state index >= 15 is 0 Å². The number of hydrogen-bond acceptors (Lipinski definition) is 5. The highest BCUT2D eigenvalue weighted by Gasteiger charge is 2.54. The largest absolute Gasteiger partial charge is 0.462 e. The average molecular weight is 530 g/mol. The molecule has 2 heterocycles. The summed E-state index contributed by atoms with van der Waals surface area (Å²) in [7, 11) is 0. The molecule has 4 saturated carbocycles. The van der Waals surface area contributed by atoms with E-state index < -0.39 is 0 Å². The van der Waals surface area contributed by atoms with E-state index in [4.69, 9.17) is 9.84 Å². The molecule has 0 saturated heterocycles. The van der Waals surface area contributed by atoms with Crippen LogP contribution in [0, 0.1) is 17.8 Å². The summed E-state index contributed by atoms with van der Waals surface area (Å²) in [5.74, 6) is 1.75. The van der Waals surface area contributed by atoms with Crippen molar-refractivity contribution in [2.24, 2.45) is 17.8 Å². The van der Waals surface area contributed by atoms with Crippen LogP contribution in [0.1, 0.15) is 95.1 Å². The highest BCUT2D eigenvalue weighted by Crippen LogP contribution is 2.61. The van der Waals surface area contributed by atoms with Gasteiger partial charge in [0.05, 0.1) is 29.1 Å². The van der Waals surface area contributed by atoms with Gasteiger partial charge in [-0.15, -0.1) is 11.3 Å². The maximum Gasteiger partial charge on any atom is 0.341 e. The fourth-order valence-electron chi connectivity index (χ4n) is 8.29. The van der Waals surface area contributed by atoms with E-state index in [2.05, 4.69) is 5.32 Å². The summed E-state index contributed by atoms with van der Waals surface area (Å²) in [5.41, 5.74) is 4.16. The van der Waals surface area contributed by atoms with Gasteiger partial charge in [-0.05, 0) is 107 Å². The minimum absolute atomic E-state index is 0.0277. The van der Waals surface area contributed by atoms with E-state index in [1.165, 1.54) is 24.1 Å². The number of para-hydroxylation sites is 1. The molecule has 4 fully saturated rings. The van der Waals surface area contributed by atoms with Crippen molar-refractivity contribution in [2.45, 2.75) is 76.5 Å². The van der Waals surface area contributed by atoms with Gasteiger partial charge in [0.2, 0.25) is 0 Å². The van der Waals surface area contributed by atoms with E-state index in [9.17, 15) is 9.59 Å². The standard InChI is InChI=1S/C31H35N3O3S/c1-2-37-30(36)26-23-10-6-7-11-25(23)38-29(26)32-28(35)24-18-34(22-8-4-3-5-9-22)33-27(24)31-15-19-12-20(16-31)14-21(13-19)17-31/h3-5,8-9,18-21H,2,6-7,10-17H2,1H3,(H,32,35). The van der Waals surface area contributed by atoms with Crippen molar-refractivity contribution < 1.29 is 14.3 Å². The number of aromatic nitrogens is 2. The molecule has 8 rings (SSSR count). The van der Waals surface area contributed by atoms with Crippen LogP contribution in [0.15, 0.2) is 36.5 Å². The summed E-state index contributed by atoms with van der Waals surface area (Å²) >= 11 is 1.55. The molecule has 1 aromatic carbocycles. The molecule has 2 aromatic heterocycles. The first kappa shape index (κ1) is 24.1. The molecule has 0 unspecified atom stereocenters. The van der Waals surface area contributed by atoms with Gasteiger partial charge in [0.25, 0.3) is 5.91 Å². The van der Waals surface area contributed by atoms with Gasteiger partial charge in [0.15, 0.2) is 0 Å². The topological polar surface area (TPSA) is 73.2 Å². The van der Waals surface area contributed by atoms with Gasteiger partial charge in [-0.2, -0.15) is 5.10 Å². The summed E-state index contributed by atoms with van der Waals surface area (Å²) in [6.45, 7) is 2.14. The van der Waals surface area contributed by atoms with Crippen LogP contribution in [-0.4, -0.2) is 28.3 Å². The number of fused-ring (bicyclic) bond motifs is 1. The number of aryl methyl sites for hydroxylation is 1. The molecular weight excluding hydrogens is 494 g/mol. The van der Waals surface area contributed by atoms with Gasteiger partial charge < -0.3 is 10.1 Å². The van der Waals surface area contributed by atoms with E-state index in [1.54, 1.807) is 11.3 Å². The second-order valence-electron chi connectivity index (χ2n) is 12.0. The highest BCUT2D eigenvalue weighted by atomic mass is 32.1. The predicted octanol–water partition coefficient (Wildman–Crippen LogP) is 6.71. The number of hydrogen-bond donors (Lipinski definition) is 1. The third-order valence-electron chi connectivity index (χ3n) is 9.40. The number of thiophene rings is 1. The molecule has 5 aliphatic carbocycles. The summed E-state index contributed by atoms with van der Waals surface area (Å²) in [5, 5.41) is 8.97. The van der Waals surface area contributed by atoms with Crippen LogP contribution >= 0.6 is 11.3 Å². The summed E-state index contributed by atoms with van der Waals surface area (Å²) in [4.78, 5) is 28.3. The normalized spacial score (nSPS) is 27.2. The first-order valence-electron chi connectivity index (χ1n) is 14.3. The van der Waals surface area contributed by atoms with Crippen LogP contribution in [0.4, 0.5) is 5.00 Å². The minimum atomic E-state index is -0.330. The molecule has 7 heteroatoms. The van der Waals surface area contributed by atoms with Crippen LogP contribution in [0.5, 0.6) is 0 Å². The lowest BCUT2D eigenvalue weighted by Gasteiger charge is -2.56. The zero-order valence-electron chi connectivity index (χ0n) is 22.0. The highest BCUT2D eigenvalue weighted by molar-refractivity contribution is 7.17. The van der Waals surface area contributed by atoms with Gasteiger partial charge >= 0.3 is 5.97 Å². The van der Waals surface area contributed by atoms with E-state index in [0.29, 0.717) is 22.7 Å². The van der Waals surface area contributed by atoms with Gasteiger partial charge in [0.1, 0.15) is 5.00 Å². The third kappa shape index (κ3) is 4.01. The Morgan fingerprint density at radius 2 is 1.74 bits per heavy atom. The van der Waals surface area contributed by atoms with E-state index in [0.717, 1.165) is 79.6 Å². The first-order chi connectivity index (χ1) is 18.5. The second-order valence-corrected chi connectivity index (χ2v) is 13.1. The number of nitrogens with zero attached hydrogens (tertiary/aromatic N) is 2. The SMILES string of the molecule is CCOC(=O)c1c(NC(=O)c2cn(-c3ccccc3)nc2C23CC4CC(CC(C4)C2)C3)sc2c1CCCC2. The maximum atomic E-state index is 14.1. The number of ether oxygens (including phenoxy) is 1. The number of carbonyl (C=O) groups is 2. The Morgan fingerprint density at radius 1 is 1.05 bits per heavy atom. The minimum Gasteiger partial charge on any atom is -0.462 e. The first-order valence-corrected chi connectivity index (χ1v) is 15.1. The Bertz CT molecular complexity index is 1350. The monoisotopic (exact) mass is 529 g/mol. The average Bonchev–Trinajstić information content (AvgIpc) is 3.51. The van der Waals surface area contributed by atoms with Crippen LogP contribution in [0.25, 0.3) is 5.69 Å². The third-order valence-corrected chi connectivity index (χ3v) is 10.6. The molecule has 1 N–H and O–H groups in total. The fourth-order valence-corrected chi connectivity index (χ4v) is 9.56. The Kier molecular flexibility index (Phi) is 5.95. The van der Waals surface area contributed by atoms with Crippen LogP contribution in [0.2, 0.25) is 0 Å². The fraction of sp³-hybridized carbons (Fsp3) is 0.516. The number of amides is 1. The van der Waals surface area contributed by atoms with Crippen molar-refractivity contribution in [1.29, 1.82) is 0 Å². The lowest BCUT2D eigenvalue weighted by molar-refractivity contribution is -0.00765. The molecule has 6 nitrogen and oxygen atoms in total. The molecule has 0 radical (unpaired) electrons. The molecular formula is C31H35N3O3S. The zero-order chi connectivity index (χ0) is 25.9. The van der Waals surface area contributed by atoms with Crippen molar-refractivity contribution in [3.63, 3.8) is 0 Å². The Hall–Kier alpha value is -2.93. The number of benzene rings is 1. The number of carbonyl (C=O) groups excluding carboxylic acids is 2. The van der Waals surface area contributed by atoms with Crippen molar-refractivity contribution in [3.8, 4) is 5.69 Å². The summed E-state index contributed by atoms with van der Waals surface area (Å²) in [6.07, 6.45) is 13.3. The van der Waals surface area contributed by atoms with E-state index in [1.807, 2.05) is 48.1 Å². The van der Waals surface area contributed by atoms with Crippen molar-refractivity contribution in [1.82, 2.24) is 9.78 Å².